The summed E-state index contributed by atoms with van der Waals surface area (Å²) in [6.07, 6.45) is 0.663. The molecule has 0 radical (unpaired) electrons. The minimum absolute atomic E-state index is 0.0879. The molecule has 0 saturated heterocycles. The summed E-state index contributed by atoms with van der Waals surface area (Å²) in [6, 6.07) is 2.99. The monoisotopic (exact) mass is 313 g/mol. The van der Waals surface area contributed by atoms with Crippen molar-refractivity contribution in [3.8, 4) is 12.3 Å². The van der Waals surface area contributed by atoms with E-state index < -0.39 is 29.7 Å². The van der Waals surface area contributed by atoms with Crippen LogP contribution in [0.2, 0.25) is 0 Å². The minimum Gasteiger partial charge on any atom is -0.480 e. The molecule has 1 aromatic rings. The molecular formula is C15H14F3NO3. The van der Waals surface area contributed by atoms with Crippen molar-refractivity contribution in [1.82, 2.24) is 5.32 Å². The van der Waals surface area contributed by atoms with Gasteiger partial charge in [-0.15, -0.1) is 12.3 Å². The largest absolute Gasteiger partial charge is 0.480 e. The third-order valence-electron chi connectivity index (χ3n) is 2.86. The number of amides is 1. The fraction of sp³-hybridized carbons (Fsp3) is 0.333. The summed E-state index contributed by atoms with van der Waals surface area (Å²) in [5, 5.41) is 11.2. The standard InChI is InChI=1S/C15H14F3NO3/c1-2-3-4-12(14(21)22)19-13(20)9-10-5-7-11(8-6-10)15(16,17)18/h1,5-8,12H,3-4,9H2,(H,19,20)(H,21,22)/t12-/m0/s1. The molecule has 118 valence electrons. The van der Waals surface area contributed by atoms with E-state index in [4.69, 9.17) is 11.5 Å². The van der Waals surface area contributed by atoms with Gasteiger partial charge in [-0.3, -0.25) is 4.79 Å². The van der Waals surface area contributed by atoms with Crippen molar-refractivity contribution in [3.63, 3.8) is 0 Å². The summed E-state index contributed by atoms with van der Waals surface area (Å²) in [5.41, 5.74) is -0.458. The highest BCUT2D eigenvalue weighted by Gasteiger charge is 2.30. The highest BCUT2D eigenvalue weighted by Crippen LogP contribution is 2.29. The van der Waals surface area contributed by atoms with E-state index in [-0.39, 0.29) is 19.3 Å². The van der Waals surface area contributed by atoms with Crippen molar-refractivity contribution in [3.05, 3.63) is 35.4 Å². The number of carbonyl (C=O) groups excluding carboxylic acids is 1. The number of carboxylic acid groups (broad SMARTS) is 1. The van der Waals surface area contributed by atoms with Crippen LogP contribution in [0, 0.1) is 12.3 Å². The van der Waals surface area contributed by atoms with E-state index in [1.807, 2.05) is 0 Å². The first-order valence-corrected chi connectivity index (χ1v) is 6.36. The Morgan fingerprint density at radius 3 is 2.32 bits per heavy atom. The number of terminal acetylenes is 1. The Bertz CT molecular complexity index is 573. The molecule has 1 amide bonds. The lowest BCUT2D eigenvalue weighted by Gasteiger charge is -2.13. The topological polar surface area (TPSA) is 66.4 Å². The van der Waals surface area contributed by atoms with E-state index in [0.717, 1.165) is 12.1 Å². The lowest BCUT2D eigenvalue weighted by molar-refractivity contribution is -0.142. The van der Waals surface area contributed by atoms with Gasteiger partial charge >= 0.3 is 12.1 Å². The molecule has 0 aliphatic heterocycles. The number of rotatable bonds is 6. The molecule has 0 fully saturated rings. The van der Waals surface area contributed by atoms with Crippen LogP contribution in [0.4, 0.5) is 13.2 Å². The predicted octanol–water partition coefficient (Wildman–Crippen LogP) is 2.23. The van der Waals surface area contributed by atoms with Crippen LogP contribution in [0.15, 0.2) is 24.3 Å². The Labute approximate surface area is 125 Å². The third kappa shape index (κ3) is 5.48. The van der Waals surface area contributed by atoms with Crippen molar-refractivity contribution in [2.45, 2.75) is 31.5 Å². The molecule has 0 aliphatic rings. The van der Waals surface area contributed by atoms with Crippen LogP contribution in [-0.2, 0) is 22.2 Å². The number of aliphatic carboxylic acids is 1. The Balaban J connectivity index is 2.64. The van der Waals surface area contributed by atoms with Crippen LogP contribution in [-0.4, -0.2) is 23.0 Å². The summed E-state index contributed by atoms with van der Waals surface area (Å²) < 4.78 is 37.2. The van der Waals surface area contributed by atoms with Crippen LogP contribution < -0.4 is 5.32 Å². The van der Waals surface area contributed by atoms with Crippen LogP contribution in [0.1, 0.15) is 24.0 Å². The lowest BCUT2D eigenvalue weighted by atomic mass is 10.1. The van der Waals surface area contributed by atoms with E-state index in [0.29, 0.717) is 5.56 Å². The first-order valence-electron chi connectivity index (χ1n) is 6.36. The first kappa shape index (κ1) is 17.6. The van der Waals surface area contributed by atoms with E-state index in [9.17, 15) is 22.8 Å². The maximum absolute atomic E-state index is 12.4. The molecule has 1 aromatic carbocycles. The van der Waals surface area contributed by atoms with Crippen LogP contribution >= 0.6 is 0 Å². The van der Waals surface area contributed by atoms with Gasteiger partial charge in [0.25, 0.3) is 0 Å². The van der Waals surface area contributed by atoms with Crippen LogP contribution in [0.3, 0.4) is 0 Å². The normalized spacial score (nSPS) is 12.3. The quantitative estimate of drug-likeness (QED) is 0.792. The number of hydrogen-bond acceptors (Lipinski definition) is 2. The summed E-state index contributed by atoms with van der Waals surface area (Å²) >= 11 is 0. The zero-order valence-electron chi connectivity index (χ0n) is 11.5. The van der Waals surface area contributed by atoms with Gasteiger partial charge in [0.05, 0.1) is 12.0 Å². The number of hydrogen-bond donors (Lipinski definition) is 2. The van der Waals surface area contributed by atoms with Crippen molar-refractivity contribution in [1.29, 1.82) is 0 Å². The second-order valence-corrected chi connectivity index (χ2v) is 4.57. The predicted molar refractivity (Wildman–Crippen MR) is 72.8 cm³/mol. The van der Waals surface area contributed by atoms with Crippen LogP contribution in [0.25, 0.3) is 0 Å². The zero-order valence-corrected chi connectivity index (χ0v) is 11.5. The Hall–Kier alpha value is -2.49. The number of carbonyl (C=O) groups is 2. The van der Waals surface area contributed by atoms with Gasteiger partial charge < -0.3 is 10.4 Å². The van der Waals surface area contributed by atoms with Gasteiger partial charge in [-0.2, -0.15) is 13.2 Å². The summed E-state index contributed by atoms with van der Waals surface area (Å²) in [5.74, 6) is 0.470. The number of carboxylic acids is 1. The molecule has 0 aromatic heterocycles. The second kappa shape index (κ2) is 7.50. The maximum atomic E-state index is 12.4. The van der Waals surface area contributed by atoms with Gasteiger partial charge in [0, 0.05) is 6.42 Å². The van der Waals surface area contributed by atoms with Crippen molar-refractivity contribution in [2.24, 2.45) is 0 Å². The lowest BCUT2D eigenvalue weighted by Crippen LogP contribution is -2.41. The third-order valence-corrected chi connectivity index (χ3v) is 2.86. The average molecular weight is 313 g/mol. The van der Waals surface area contributed by atoms with Gasteiger partial charge in [-0.25, -0.2) is 4.79 Å². The molecule has 7 heteroatoms. The fourth-order valence-electron chi connectivity index (χ4n) is 1.73. The van der Waals surface area contributed by atoms with Crippen molar-refractivity contribution < 1.29 is 27.9 Å². The molecule has 0 unspecified atom stereocenters. The van der Waals surface area contributed by atoms with Crippen LogP contribution in [0.5, 0.6) is 0 Å². The van der Waals surface area contributed by atoms with Gasteiger partial charge in [-0.1, -0.05) is 12.1 Å². The molecule has 0 saturated carbocycles. The zero-order chi connectivity index (χ0) is 16.8. The molecule has 4 nitrogen and oxygen atoms in total. The van der Waals surface area contributed by atoms with Gasteiger partial charge in [-0.05, 0) is 24.1 Å². The molecular weight excluding hydrogens is 299 g/mol. The number of halogens is 3. The van der Waals surface area contributed by atoms with E-state index in [1.165, 1.54) is 12.1 Å². The minimum atomic E-state index is -4.44. The fourth-order valence-corrected chi connectivity index (χ4v) is 1.73. The molecule has 0 spiro atoms. The molecule has 2 N–H and O–H groups in total. The summed E-state index contributed by atoms with van der Waals surface area (Å²) in [4.78, 5) is 22.7. The Morgan fingerprint density at radius 2 is 1.86 bits per heavy atom. The Kier molecular flexibility index (Phi) is 5.99. The van der Waals surface area contributed by atoms with Gasteiger partial charge in [0.1, 0.15) is 6.04 Å². The molecule has 0 aliphatic carbocycles. The van der Waals surface area contributed by atoms with Crippen molar-refractivity contribution in [2.75, 3.05) is 0 Å². The van der Waals surface area contributed by atoms with Crippen molar-refractivity contribution >= 4 is 11.9 Å². The SMILES string of the molecule is C#CCC[C@H](NC(=O)Cc1ccc(C(F)(F)F)cc1)C(=O)O. The maximum Gasteiger partial charge on any atom is 0.416 e. The molecule has 22 heavy (non-hydrogen) atoms. The van der Waals surface area contributed by atoms with E-state index in [1.54, 1.807) is 0 Å². The number of alkyl halides is 3. The average Bonchev–Trinajstić information content (AvgIpc) is 2.42. The summed E-state index contributed by atoms with van der Waals surface area (Å²) in [7, 11) is 0. The number of benzene rings is 1. The van der Waals surface area contributed by atoms with Gasteiger partial charge in [0.15, 0.2) is 0 Å². The first-order chi connectivity index (χ1) is 10.2. The molecule has 0 heterocycles. The molecule has 1 rings (SSSR count). The van der Waals surface area contributed by atoms with Gasteiger partial charge in [0.2, 0.25) is 5.91 Å². The number of nitrogens with one attached hydrogen (secondary N) is 1. The Morgan fingerprint density at radius 1 is 1.27 bits per heavy atom. The van der Waals surface area contributed by atoms with E-state index in [2.05, 4.69) is 11.2 Å². The summed E-state index contributed by atoms with van der Waals surface area (Å²) in [6.45, 7) is 0. The highest BCUT2D eigenvalue weighted by atomic mass is 19.4. The van der Waals surface area contributed by atoms with E-state index >= 15 is 0 Å². The molecule has 0 bridgehead atoms. The smallest absolute Gasteiger partial charge is 0.416 e. The molecule has 1 atom stereocenters. The second-order valence-electron chi connectivity index (χ2n) is 4.57. The highest BCUT2D eigenvalue weighted by molar-refractivity contribution is 5.84.